The number of hydrogen-bond donors (Lipinski definition) is 1. The van der Waals surface area contributed by atoms with Crippen molar-refractivity contribution in [3.05, 3.63) is 0 Å². The Balaban J connectivity index is 2.04. The van der Waals surface area contributed by atoms with Gasteiger partial charge in [0, 0.05) is 12.1 Å². The molecule has 5 nitrogen and oxygen atoms in total. The quantitative estimate of drug-likeness (QED) is 0.803. The molecule has 0 aromatic heterocycles. The van der Waals surface area contributed by atoms with Gasteiger partial charge in [-0.3, -0.25) is 4.79 Å². The summed E-state index contributed by atoms with van der Waals surface area (Å²) in [6, 6.07) is 0. The van der Waals surface area contributed by atoms with E-state index in [0.717, 1.165) is 32.2 Å². The van der Waals surface area contributed by atoms with Gasteiger partial charge in [0.1, 0.15) is 5.60 Å². The van der Waals surface area contributed by atoms with E-state index >= 15 is 0 Å². The standard InChI is InChI=1S/C15H25NO4/c1-14(2,3)20-13(19)16-10-4-7-15(16)8-5-11(6-9-15)12(17)18/h11H,4-10H2,1-3H3,(H,17,18). The van der Waals surface area contributed by atoms with Gasteiger partial charge in [-0.15, -0.1) is 0 Å². The highest BCUT2D eigenvalue weighted by molar-refractivity contribution is 5.71. The molecule has 1 aliphatic heterocycles. The second-order valence-electron chi connectivity index (χ2n) is 7.07. The molecule has 0 bridgehead atoms. The van der Waals surface area contributed by atoms with E-state index < -0.39 is 11.6 Å². The van der Waals surface area contributed by atoms with Gasteiger partial charge in [-0.05, 0) is 59.3 Å². The zero-order chi connectivity index (χ0) is 15.0. The number of carbonyl (C=O) groups excluding carboxylic acids is 1. The van der Waals surface area contributed by atoms with E-state index in [2.05, 4.69) is 0 Å². The van der Waals surface area contributed by atoms with Gasteiger partial charge in [0.05, 0.1) is 5.92 Å². The minimum absolute atomic E-state index is 0.158. The number of carboxylic acid groups (broad SMARTS) is 1. The molecule has 0 unspecified atom stereocenters. The molecule has 1 N–H and O–H groups in total. The molecule has 0 aromatic rings. The molecule has 0 aromatic carbocycles. The maximum absolute atomic E-state index is 12.3. The molecule has 1 heterocycles. The number of ether oxygens (including phenoxy) is 1. The first-order valence-electron chi connectivity index (χ1n) is 7.47. The van der Waals surface area contributed by atoms with Crippen molar-refractivity contribution in [1.29, 1.82) is 0 Å². The lowest BCUT2D eigenvalue weighted by Gasteiger charge is -2.43. The van der Waals surface area contributed by atoms with Gasteiger partial charge >= 0.3 is 12.1 Å². The van der Waals surface area contributed by atoms with E-state index in [1.165, 1.54) is 0 Å². The molecule has 1 spiro atoms. The van der Waals surface area contributed by atoms with Crippen LogP contribution in [0, 0.1) is 5.92 Å². The summed E-state index contributed by atoms with van der Waals surface area (Å²) in [5.41, 5.74) is -0.645. The van der Waals surface area contributed by atoms with Crippen LogP contribution >= 0.6 is 0 Å². The van der Waals surface area contributed by atoms with Crippen molar-refractivity contribution in [1.82, 2.24) is 4.90 Å². The maximum atomic E-state index is 12.3. The summed E-state index contributed by atoms with van der Waals surface area (Å²) in [4.78, 5) is 25.3. The van der Waals surface area contributed by atoms with Crippen molar-refractivity contribution in [2.45, 2.75) is 70.4 Å². The van der Waals surface area contributed by atoms with Crippen molar-refractivity contribution in [3.63, 3.8) is 0 Å². The average molecular weight is 283 g/mol. The molecule has 2 rings (SSSR count). The monoisotopic (exact) mass is 283 g/mol. The zero-order valence-electron chi connectivity index (χ0n) is 12.6. The van der Waals surface area contributed by atoms with E-state index in [-0.39, 0.29) is 17.6 Å². The zero-order valence-corrected chi connectivity index (χ0v) is 12.6. The molecule has 1 saturated carbocycles. The summed E-state index contributed by atoms with van der Waals surface area (Å²) in [6.07, 6.45) is 4.59. The Kier molecular flexibility index (Phi) is 3.98. The molecule has 5 heteroatoms. The molecule has 0 radical (unpaired) electrons. The molecular weight excluding hydrogens is 258 g/mol. The summed E-state index contributed by atoms with van der Waals surface area (Å²) < 4.78 is 5.49. The van der Waals surface area contributed by atoms with Gasteiger partial charge in [0.15, 0.2) is 0 Å². The van der Waals surface area contributed by atoms with Crippen LogP contribution in [-0.2, 0) is 9.53 Å². The summed E-state index contributed by atoms with van der Waals surface area (Å²) in [6.45, 7) is 6.34. The first kappa shape index (κ1) is 15.1. The van der Waals surface area contributed by atoms with Crippen molar-refractivity contribution in [2.75, 3.05) is 6.54 Å². The smallest absolute Gasteiger partial charge is 0.410 e. The van der Waals surface area contributed by atoms with Crippen LogP contribution in [0.2, 0.25) is 0 Å². The minimum Gasteiger partial charge on any atom is -0.481 e. The number of carboxylic acids is 1. The number of amides is 1. The van der Waals surface area contributed by atoms with Crippen LogP contribution in [0.5, 0.6) is 0 Å². The maximum Gasteiger partial charge on any atom is 0.410 e. The van der Waals surface area contributed by atoms with Crippen LogP contribution in [0.3, 0.4) is 0 Å². The molecule has 2 aliphatic rings. The average Bonchev–Trinajstić information content (AvgIpc) is 2.71. The molecule has 114 valence electrons. The van der Waals surface area contributed by atoms with Crippen LogP contribution < -0.4 is 0 Å². The second-order valence-corrected chi connectivity index (χ2v) is 7.07. The largest absolute Gasteiger partial charge is 0.481 e. The summed E-state index contributed by atoms with van der Waals surface area (Å²) in [5, 5.41) is 9.09. The van der Waals surface area contributed by atoms with Gasteiger partial charge in [-0.2, -0.15) is 0 Å². The highest BCUT2D eigenvalue weighted by Crippen LogP contribution is 2.44. The van der Waals surface area contributed by atoms with Crippen LogP contribution in [0.25, 0.3) is 0 Å². The predicted molar refractivity (Wildman–Crippen MR) is 74.5 cm³/mol. The molecule has 0 atom stereocenters. The van der Waals surface area contributed by atoms with Gasteiger partial charge in [-0.1, -0.05) is 0 Å². The van der Waals surface area contributed by atoms with Crippen LogP contribution in [0.1, 0.15) is 59.3 Å². The Morgan fingerprint density at radius 3 is 2.30 bits per heavy atom. The van der Waals surface area contributed by atoms with Crippen LogP contribution in [0.15, 0.2) is 0 Å². The summed E-state index contributed by atoms with van der Waals surface area (Å²) in [5.74, 6) is -0.955. The van der Waals surface area contributed by atoms with E-state index in [9.17, 15) is 9.59 Å². The number of nitrogens with zero attached hydrogens (tertiary/aromatic N) is 1. The van der Waals surface area contributed by atoms with Gasteiger partial charge in [-0.25, -0.2) is 4.79 Å². The third kappa shape index (κ3) is 3.07. The Morgan fingerprint density at radius 2 is 1.80 bits per heavy atom. The fourth-order valence-corrected chi connectivity index (χ4v) is 3.46. The van der Waals surface area contributed by atoms with Gasteiger partial charge in [0.2, 0.25) is 0 Å². The number of carbonyl (C=O) groups is 2. The Morgan fingerprint density at radius 1 is 1.20 bits per heavy atom. The SMILES string of the molecule is CC(C)(C)OC(=O)N1CCCC12CCC(C(=O)O)CC2. The fourth-order valence-electron chi connectivity index (χ4n) is 3.46. The lowest BCUT2D eigenvalue weighted by atomic mass is 9.75. The third-order valence-corrected chi connectivity index (χ3v) is 4.48. The fraction of sp³-hybridized carbons (Fsp3) is 0.867. The van der Waals surface area contributed by atoms with E-state index in [1.807, 2.05) is 25.7 Å². The first-order valence-corrected chi connectivity index (χ1v) is 7.47. The molecule has 1 aliphatic carbocycles. The minimum atomic E-state index is -0.707. The molecule has 2 fully saturated rings. The highest BCUT2D eigenvalue weighted by atomic mass is 16.6. The Bertz CT molecular complexity index is 391. The highest BCUT2D eigenvalue weighted by Gasteiger charge is 2.47. The van der Waals surface area contributed by atoms with Crippen molar-refractivity contribution >= 4 is 12.1 Å². The molecule has 1 amide bonds. The topological polar surface area (TPSA) is 66.8 Å². The lowest BCUT2D eigenvalue weighted by molar-refractivity contribution is -0.143. The molecular formula is C15H25NO4. The Hall–Kier alpha value is -1.26. The van der Waals surface area contributed by atoms with E-state index in [4.69, 9.17) is 9.84 Å². The van der Waals surface area contributed by atoms with Gasteiger partial charge in [0.25, 0.3) is 0 Å². The predicted octanol–water partition coefficient (Wildman–Crippen LogP) is 3.03. The summed E-state index contributed by atoms with van der Waals surface area (Å²) in [7, 11) is 0. The number of hydrogen-bond acceptors (Lipinski definition) is 3. The van der Waals surface area contributed by atoms with Gasteiger partial charge < -0.3 is 14.7 Å². The van der Waals surface area contributed by atoms with Crippen molar-refractivity contribution in [3.8, 4) is 0 Å². The molecule has 20 heavy (non-hydrogen) atoms. The Labute approximate surface area is 120 Å². The summed E-state index contributed by atoms with van der Waals surface area (Å²) >= 11 is 0. The first-order chi connectivity index (χ1) is 9.23. The van der Waals surface area contributed by atoms with E-state index in [1.54, 1.807) is 0 Å². The van der Waals surface area contributed by atoms with Crippen LogP contribution in [-0.4, -0.2) is 39.8 Å². The number of likely N-dealkylation sites (tertiary alicyclic amines) is 1. The van der Waals surface area contributed by atoms with Crippen LogP contribution in [0.4, 0.5) is 4.79 Å². The number of rotatable bonds is 1. The van der Waals surface area contributed by atoms with Crippen molar-refractivity contribution in [2.24, 2.45) is 5.92 Å². The third-order valence-electron chi connectivity index (χ3n) is 4.48. The lowest BCUT2D eigenvalue weighted by Crippen LogP contribution is -2.51. The van der Waals surface area contributed by atoms with Crippen molar-refractivity contribution < 1.29 is 19.4 Å². The van der Waals surface area contributed by atoms with E-state index in [0.29, 0.717) is 12.8 Å². The molecule has 1 saturated heterocycles. The second kappa shape index (κ2) is 5.26. The normalized spacial score (nSPS) is 30.6. The number of aliphatic carboxylic acids is 1.